The van der Waals surface area contributed by atoms with Gasteiger partial charge in [0.25, 0.3) is 0 Å². The summed E-state index contributed by atoms with van der Waals surface area (Å²) in [5, 5.41) is 0.355. The van der Waals surface area contributed by atoms with Crippen LogP contribution in [0.3, 0.4) is 0 Å². The van der Waals surface area contributed by atoms with Crippen LogP contribution in [0.25, 0.3) is 27.5 Å². The maximum atomic E-state index is 14.6. The summed E-state index contributed by atoms with van der Waals surface area (Å²) in [6.45, 7) is 0. The number of hydrogen-bond acceptors (Lipinski definition) is 1. The smallest absolute Gasteiger partial charge is 0.212 e. The van der Waals surface area contributed by atoms with Crippen molar-refractivity contribution < 1.29 is 13.2 Å². The van der Waals surface area contributed by atoms with Crippen molar-refractivity contribution in [2.75, 3.05) is 0 Å². The molecule has 4 rings (SSSR count). The number of rotatable bonds is 0. The molecule has 4 aromatic rings. The van der Waals surface area contributed by atoms with Gasteiger partial charge < -0.3 is 0 Å². The predicted molar refractivity (Wildman–Crippen MR) is 70.1 cm³/mol. The van der Waals surface area contributed by atoms with Crippen LogP contribution in [0.15, 0.2) is 42.5 Å². The van der Waals surface area contributed by atoms with Gasteiger partial charge in [0.1, 0.15) is 5.65 Å². The number of fused-ring (bicyclic) bond motifs is 4. The van der Waals surface area contributed by atoms with Gasteiger partial charge in [0.05, 0.1) is 16.4 Å². The average Bonchev–Trinajstić information content (AvgIpc) is 2.81. The summed E-state index contributed by atoms with van der Waals surface area (Å²) in [5.74, 6) is -3.15. The Morgan fingerprint density at radius 3 is 2.60 bits per heavy atom. The molecule has 0 saturated heterocycles. The van der Waals surface area contributed by atoms with Gasteiger partial charge in [-0.2, -0.15) is 4.39 Å². The lowest BCUT2D eigenvalue weighted by atomic mass is 10.2. The summed E-state index contributed by atoms with van der Waals surface area (Å²) in [5.41, 5.74) is 1.02. The van der Waals surface area contributed by atoms with Crippen LogP contribution >= 0.6 is 0 Å². The zero-order chi connectivity index (χ0) is 13.9. The van der Waals surface area contributed by atoms with E-state index < -0.39 is 23.0 Å². The lowest BCUT2D eigenvalue weighted by Gasteiger charge is -2.05. The molecule has 2 nitrogen and oxygen atoms in total. The summed E-state index contributed by atoms with van der Waals surface area (Å²) in [4.78, 5) is 4.19. The number of benzene rings is 2. The third-order valence-electron chi connectivity index (χ3n) is 3.40. The Labute approximate surface area is 111 Å². The summed E-state index contributed by atoms with van der Waals surface area (Å²) in [7, 11) is 0. The van der Waals surface area contributed by atoms with E-state index in [1.807, 2.05) is 12.1 Å². The van der Waals surface area contributed by atoms with Crippen LogP contribution in [0.5, 0.6) is 0 Å². The van der Waals surface area contributed by atoms with Crippen LogP contribution in [-0.4, -0.2) is 9.38 Å². The van der Waals surface area contributed by atoms with Gasteiger partial charge in [-0.1, -0.05) is 18.2 Å². The quantitative estimate of drug-likeness (QED) is 0.441. The van der Waals surface area contributed by atoms with E-state index in [2.05, 4.69) is 4.98 Å². The molecule has 2 aromatic heterocycles. The highest BCUT2D eigenvalue weighted by atomic mass is 19.2. The first kappa shape index (κ1) is 11.3. The molecular weight excluding hydrogens is 265 g/mol. The van der Waals surface area contributed by atoms with Crippen LogP contribution in [0.2, 0.25) is 0 Å². The van der Waals surface area contributed by atoms with Gasteiger partial charge in [-0.3, -0.25) is 4.40 Å². The lowest BCUT2D eigenvalue weighted by Crippen LogP contribution is -2.00. The first-order chi connectivity index (χ1) is 9.66. The molecule has 0 atom stereocenters. The molecule has 0 unspecified atom stereocenters. The minimum atomic E-state index is -1.22. The summed E-state index contributed by atoms with van der Waals surface area (Å²) in [6, 6.07) is 11.0. The summed E-state index contributed by atoms with van der Waals surface area (Å²) >= 11 is 0. The largest absolute Gasteiger partial charge is 0.269 e. The van der Waals surface area contributed by atoms with Gasteiger partial charge in [0.2, 0.25) is 5.95 Å². The molecule has 0 N–H and O–H groups in total. The van der Waals surface area contributed by atoms with Crippen LogP contribution in [0, 0.1) is 17.6 Å². The standard InChI is InChI=1S/C15H7F3N2/c16-9-5-6-10-13(14(9)17)15(18)20-11-4-2-1-3-8(11)7-12(20)19-10/h1-7H. The molecule has 0 aliphatic carbocycles. The van der Waals surface area contributed by atoms with E-state index in [9.17, 15) is 13.2 Å². The second kappa shape index (κ2) is 3.72. The SMILES string of the molecule is Fc1ccc2nc3cc4ccccc4n3c(F)c2c1F. The fourth-order valence-electron chi connectivity index (χ4n) is 2.49. The van der Waals surface area contributed by atoms with E-state index in [1.165, 1.54) is 10.5 Å². The molecule has 20 heavy (non-hydrogen) atoms. The fourth-order valence-corrected chi connectivity index (χ4v) is 2.49. The number of para-hydroxylation sites is 1. The normalized spacial score (nSPS) is 11.8. The van der Waals surface area contributed by atoms with Gasteiger partial charge in [0.15, 0.2) is 11.6 Å². The second-order valence-corrected chi connectivity index (χ2v) is 4.55. The van der Waals surface area contributed by atoms with E-state index in [-0.39, 0.29) is 5.52 Å². The predicted octanol–water partition coefficient (Wildman–Crippen LogP) is 4.06. The Balaban J connectivity index is 2.33. The molecule has 98 valence electrons. The highest BCUT2D eigenvalue weighted by Gasteiger charge is 2.17. The number of hydrogen-bond donors (Lipinski definition) is 0. The van der Waals surface area contributed by atoms with Gasteiger partial charge in [-0.05, 0) is 24.3 Å². The minimum Gasteiger partial charge on any atom is -0.269 e. The van der Waals surface area contributed by atoms with Crippen molar-refractivity contribution in [2.45, 2.75) is 0 Å². The van der Waals surface area contributed by atoms with Crippen LogP contribution in [0.1, 0.15) is 0 Å². The van der Waals surface area contributed by atoms with E-state index in [4.69, 9.17) is 0 Å². The first-order valence-corrected chi connectivity index (χ1v) is 6.00. The van der Waals surface area contributed by atoms with Crippen molar-refractivity contribution >= 4 is 27.5 Å². The minimum absolute atomic E-state index is 0.0942. The molecule has 0 spiro atoms. The molecule has 2 heterocycles. The van der Waals surface area contributed by atoms with Gasteiger partial charge in [-0.25, -0.2) is 13.8 Å². The molecule has 5 heteroatoms. The van der Waals surface area contributed by atoms with Crippen molar-refractivity contribution in [3.8, 4) is 0 Å². The monoisotopic (exact) mass is 272 g/mol. The highest BCUT2D eigenvalue weighted by Crippen LogP contribution is 2.27. The molecule has 0 amide bonds. The maximum Gasteiger partial charge on any atom is 0.212 e. The molecule has 2 aromatic carbocycles. The number of halogens is 3. The third kappa shape index (κ3) is 1.32. The van der Waals surface area contributed by atoms with Crippen LogP contribution < -0.4 is 0 Å². The van der Waals surface area contributed by atoms with Crippen LogP contribution in [-0.2, 0) is 0 Å². The van der Waals surface area contributed by atoms with Crippen molar-refractivity contribution in [1.29, 1.82) is 0 Å². The Morgan fingerprint density at radius 2 is 1.75 bits per heavy atom. The maximum absolute atomic E-state index is 14.6. The Bertz CT molecular complexity index is 989. The first-order valence-electron chi connectivity index (χ1n) is 6.00. The molecule has 0 radical (unpaired) electrons. The van der Waals surface area contributed by atoms with Gasteiger partial charge in [-0.15, -0.1) is 0 Å². The summed E-state index contributed by atoms with van der Waals surface area (Å²) in [6.07, 6.45) is 0. The van der Waals surface area contributed by atoms with Gasteiger partial charge >= 0.3 is 0 Å². The van der Waals surface area contributed by atoms with E-state index in [0.29, 0.717) is 11.2 Å². The van der Waals surface area contributed by atoms with E-state index >= 15 is 0 Å². The molecular formula is C15H7F3N2. The molecule has 0 bridgehead atoms. The van der Waals surface area contributed by atoms with Crippen LogP contribution in [0.4, 0.5) is 13.2 Å². The molecule has 0 aliphatic heterocycles. The average molecular weight is 272 g/mol. The van der Waals surface area contributed by atoms with E-state index in [1.54, 1.807) is 18.2 Å². The van der Waals surface area contributed by atoms with Crippen molar-refractivity contribution in [3.05, 3.63) is 60.0 Å². The Morgan fingerprint density at radius 1 is 0.950 bits per heavy atom. The van der Waals surface area contributed by atoms with Crippen molar-refractivity contribution in [3.63, 3.8) is 0 Å². The highest BCUT2D eigenvalue weighted by molar-refractivity contribution is 5.90. The molecule has 0 aliphatic rings. The zero-order valence-electron chi connectivity index (χ0n) is 10.1. The Hall–Kier alpha value is -2.56. The fraction of sp³-hybridized carbons (Fsp3) is 0. The lowest BCUT2D eigenvalue weighted by molar-refractivity contribution is 0.506. The topological polar surface area (TPSA) is 17.3 Å². The Kier molecular flexibility index (Phi) is 2.10. The molecule has 0 saturated carbocycles. The summed E-state index contributed by atoms with van der Waals surface area (Å²) < 4.78 is 42.9. The number of aromatic nitrogens is 2. The molecule has 0 fully saturated rings. The second-order valence-electron chi connectivity index (χ2n) is 4.55. The van der Waals surface area contributed by atoms with Gasteiger partial charge in [0, 0.05) is 5.39 Å². The number of nitrogens with zero attached hydrogens (tertiary/aromatic N) is 2. The van der Waals surface area contributed by atoms with Crippen molar-refractivity contribution in [2.24, 2.45) is 0 Å². The van der Waals surface area contributed by atoms with E-state index in [0.717, 1.165) is 11.5 Å². The third-order valence-corrected chi connectivity index (χ3v) is 3.40. The van der Waals surface area contributed by atoms with Crippen molar-refractivity contribution in [1.82, 2.24) is 9.38 Å². The zero-order valence-corrected chi connectivity index (χ0v) is 10.1.